The molecular weight excluding hydrogens is 434 g/mol. The fraction of sp³-hybridized carbons (Fsp3) is 0.348. The molecule has 0 bridgehead atoms. The third kappa shape index (κ3) is 4.10. The van der Waals surface area contributed by atoms with E-state index in [-0.39, 0.29) is 29.6 Å². The average molecular weight is 456 g/mol. The minimum atomic E-state index is -0.520. The van der Waals surface area contributed by atoms with Gasteiger partial charge in [0.05, 0.1) is 23.3 Å². The third-order valence-electron chi connectivity index (χ3n) is 6.21. The molecule has 2 aliphatic rings. The summed E-state index contributed by atoms with van der Waals surface area (Å²) in [5.74, 6) is -1.76. The molecule has 1 saturated heterocycles. The number of non-ortho nitro benzene ring substituents is 1. The first-order valence-electron chi connectivity index (χ1n) is 10.4. The number of carbonyl (C=O) groups excluding carboxylic acids is 3. The number of hydrogen-bond donors (Lipinski definition) is 0. The van der Waals surface area contributed by atoms with Crippen LogP contribution in [-0.2, 0) is 16.1 Å². The topological polar surface area (TPSA) is 101 Å². The minimum Gasteiger partial charge on any atom is -0.272 e. The van der Waals surface area contributed by atoms with Gasteiger partial charge in [0, 0.05) is 22.7 Å². The molecule has 2 fully saturated rings. The van der Waals surface area contributed by atoms with Crippen LogP contribution in [0, 0.1) is 27.9 Å². The number of nitro benzene ring substituents is 1. The molecule has 166 valence electrons. The Morgan fingerprint density at radius 2 is 1.69 bits per heavy atom. The van der Waals surface area contributed by atoms with Crippen LogP contribution in [0.4, 0.5) is 5.69 Å². The summed E-state index contributed by atoms with van der Waals surface area (Å²) >= 11 is 5.94. The van der Waals surface area contributed by atoms with E-state index in [4.69, 9.17) is 11.6 Å². The van der Waals surface area contributed by atoms with Crippen LogP contribution in [0.5, 0.6) is 0 Å². The van der Waals surface area contributed by atoms with Gasteiger partial charge in [-0.2, -0.15) is 5.01 Å². The van der Waals surface area contributed by atoms with E-state index in [2.05, 4.69) is 6.92 Å². The van der Waals surface area contributed by atoms with E-state index < -0.39 is 22.7 Å². The molecule has 8 nitrogen and oxygen atoms in total. The molecule has 3 atom stereocenters. The van der Waals surface area contributed by atoms with Crippen molar-refractivity contribution in [2.24, 2.45) is 17.8 Å². The van der Waals surface area contributed by atoms with Gasteiger partial charge >= 0.3 is 0 Å². The van der Waals surface area contributed by atoms with Gasteiger partial charge in [-0.3, -0.25) is 24.5 Å². The lowest BCUT2D eigenvalue weighted by atomic mass is 9.76. The first kappa shape index (κ1) is 22.0. The number of halogens is 1. The molecule has 0 radical (unpaired) electrons. The number of hydrazine groups is 1. The third-order valence-corrected chi connectivity index (χ3v) is 6.46. The van der Waals surface area contributed by atoms with Crippen LogP contribution in [0.15, 0.2) is 48.5 Å². The van der Waals surface area contributed by atoms with Gasteiger partial charge in [-0.1, -0.05) is 30.7 Å². The van der Waals surface area contributed by atoms with Crippen molar-refractivity contribution in [3.63, 3.8) is 0 Å². The summed E-state index contributed by atoms with van der Waals surface area (Å²) in [6, 6.07) is 11.9. The number of hydrogen-bond acceptors (Lipinski definition) is 5. The number of benzene rings is 2. The highest BCUT2D eigenvalue weighted by Crippen LogP contribution is 2.41. The molecule has 3 amide bonds. The molecule has 0 aromatic heterocycles. The van der Waals surface area contributed by atoms with Crippen molar-refractivity contribution in [3.8, 4) is 0 Å². The Bertz CT molecular complexity index is 1070. The predicted octanol–water partition coefficient (Wildman–Crippen LogP) is 4.23. The summed E-state index contributed by atoms with van der Waals surface area (Å²) in [6.07, 6.45) is 2.10. The van der Waals surface area contributed by atoms with Crippen molar-refractivity contribution in [2.45, 2.75) is 32.7 Å². The molecule has 2 aromatic rings. The summed E-state index contributed by atoms with van der Waals surface area (Å²) in [4.78, 5) is 50.3. The summed E-state index contributed by atoms with van der Waals surface area (Å²) in [5.41, 5.74) is 0.750. The van der Waals surface area contributed by atoms with Gasteiger partial charge in [-0.05, 0) is 55.0 Å². The molecule has 1 aliphatic carbocycles. The van der Waals surface area contributed by atoms with E-state index >= 15 is 0 Å². The van der Waals surface area contributed by atoms with E-state index in [1.807, 2.05) is 0 Å². The van der Waals surface area contributed by atoms with Gasteiger partial charge < -0.3 is 0 Å². The highest BCUT2D eigenvalue weighted by molar-refractivity contribution is 6.30. The van der Waals surface area contributed by atoms with Crippen molar-refractivity contribution in [1.29, 1.82) is 0 Å². The maximum atomic E-state index is 13.4. The zero-order valence-electron chi connectivity index (χ0n) is 17.4. The van der Waals surface area contributed by atoms with Crippen LogP contribution < -0.4 is 0 Å². The molecule has 0 N–H and O–H groups in total. The molecule has 1 aliphatic heterocycles. The second-order valence-electron chi connectivity index (χ2n) is 8.41. The van der Waals surface area contributed by atoms with Crippen LogP contribution in [0.1, 0.15) is 42.1 Å². The van der Waals surface area contributed by atoms with Crippen LogP contribution in [-0.4, -0.2) is 32.7 Å². The second kappa shape index (κ2) is 8.70. The SMILES string of the molecule is C[C@@H]1CC[C@@H]2C(=O)N(N(Cc3ccc([N+](=O)[O-])cc3)C(=O)c3ccc(Cl)cc3)C(=O)[C@H]2C1. The Balaban J connectivity index is 1.69. The van der Waals surface area contributed by atoms with Crippen LogP contribution >= 0.6 is 11.6 Å². The summed E-state index contributed by atoms with van der Waals surface area (Å²) in [6.45, 7) is 1.98. The van der Waals surface area contributed by atoms with Crippen molar-refractivity contribution in [2.75, 3.05) is 0 Å². The van der Waals surface area contributed by atoms with Gasteiger partial charge in [0.15, 0.2) is 0 Å². The number of amides is 3. The molecule has 0 unspecified atom stereocenters. The van der Waals surface area contributed by atoms with Crippen LogP contribution in [0.2, 0.25) is 5.02 Å². The second-order valence-corrected chi connectivity index (χ2v) is 8.85. The monoisotopic (exact) mass is 455 g/mol. The molecule has 9 heteroatoms. The van der Waals surface area contributed by atoms with Gasteiger partial charge in [0.2, 0.25) is 0 Å². The molecular formula is C23H22ClN3O5. The largest absolute Gasteiger partial charge is 0.273 e. The van der Waals surface area contributed by atoms with Crippen molar-refractivity contribution in [3.05, 3.63) is 74.8 Å². The van der Waals surface area contributed by atoms with Gasteiger partial charge in [0.25, 0.3) is 23.4 Å². The van der Waals surface area contributed by atoms with Gasteiger partial charge in [-0.25, -0.2) is 5.01 Å². The lowest BCUT2D eigenvalue weighted by Gasteiger charge is -2.30. The number of nitro groups is 1. The van der Waals surface area contributed by atoms with E-state index in [9.17, 15) is 24.5 Å². The van der Waals surface area contributed by atoms with E-state index in [1.165, 1.54) is 36.4 Å². The number of nitrogens with zero attached hydrogens (tertiary/aromatic N) is 3. The quantitative estimate of drug-likeness (QED) is 0.381. The smallest absolute Gasteiger partial charge is 0.272 e. The molecule has 1 heterocycles. The summed E-state index contributed by atoms with van der Waals surface area (Å²) < 4.78 is 0. The Kier molecular flexibility index (Phi) is 5.97. The Hall–Kier alpha value is -3.26. The number of carbonyl (C=O) groups is 3. The maximum Gasteiger partial charge on any atom is 0.273 e. The molecule has 2 aromatic carbocycles. The van der Waals surface area contributed by atoms with Gasteiger partial charge in [0.1, 0.15) is 0 Å². The molecule has 32 heavy (non-hydrogen) atoms. The van der Waals surface area contributed by atoms with Crippen molar-refractivity contribution >= 4 is 35.0 Å². The Morgan fingerprint density at radius 3 is 2.31 bits per heavy atom. The fourth-order valence-corrected chi connectivity index (χ4v) is 4.61. The predicted molar refractivity (Wildman–Crippen MR) is 116 cm³/mol. The van der Waals surface area contributed by atoms with E-state index in [0.717, 1.165) is 16.4 Å². The van der Waals surface area contributed by atoms with Crippen LogP contribution in [0.25, 0.3) is 0 Å². The summed E-state index contributed by atoms with van der Waals surface area (Å²) in [7, 11) is 0. The normalized spacial score (nSPS) is 22.6. The molecule has 4 rings (SSSR count). The van der Waals surface area contributed by atoms with Crippen LogP contribution in [0.3, 0.4) is 0 Å². The standard InChI is InChI=1S/C23H22ClN3O5/c1-14-2-11-19-20(12-14)23(30)26(22(19)29)25(21(28)16-5-7-17(24)8-6-16)13-15-3-9-18(10-4-15)27(31)32/h3-10,14,19-20H,2,11-13H2,1H3/t14-,19+,20+/m1/s1. The van der Waals surface area contributed by atoms with E-state index in [1.54, 1.807) is 12.1 Å². The molecule has 1 saturated carbocycles. The average Bonchev–Trinajstić information content (AvgIpc) is 3.02. The zero-order valence-corrected chi connectivity index (χ0v) is 18.2. The zero-order chi connectivity index (χ0) is 23.0. The molecule has 0 spiro atoms. The van der Waals surface area contributed by atoms with Gasteiger partial charge in [-0.15, -0.1) is 0 Å². The fourth-order valence-electron chi connectivity index (χ4n) is 4.48. The maximum absolute atomic E-state index is 13.4. The van der Waals surface area contributed by atoms with Crippen molar-refractivity contribution < 1.29 is 19.3 Å². The Labute approximate surface area is 189 Å². The first-order chi connectivity index (χ1) is 15.3. The van der Waals surface area contributed by atoms with Crippen molar-refractivity contribution in [1.82, 2.24) is 10.0 Å². The number of imide groups is 1. The first-order valence-corrected chi connectivity index (χ1v) is 10.8. The van der Waals surface area contributed by atoms with E-state index in [0.29, 0.717) is 29.3 Å². The lowest BCUT2D eigenvalue weighted by molar-refractivity contribution is -0.384. The number of fused-ring (bicyclic) bond motifs is 1. The number of rotatable bonds is 5. The Morgan fingerprint density at radius 1 is 1.06 bits per heavy atom. The summed E-state index contributed by atoms with van der Waals surface area (Å²) in [5, 5.41) is 13.6. The lowest BCUT2D eigenvalue weighted by Crippen LogP contribution is -2.49. The highest BCUT2D eigenvalue weighted by atomic mass is 35.5. The minimum absolute atomic E-state index is 0.0775. The highest BCUT2D eigenvalue weighted by Gasteiger charge is 2.52.